The molecule has 7 heteroatoms. The second-order valence-electron chi connectivity index (χ2n) is 6.83. The van der Waals surface area contributed by atoms with Crippen LogP contribution in [0.5, 0.6) is 0 Å². The van der Waals surface area contributed by atoms with Crippen LogP contribution in [0.15, 0.2) is 36.7 Å². The minimum absolute atomic E-state index is 0.115. The van der Waals surface area contributed by atoms with Crippen LogP contribution in [0.4, 0.5) is 4.39 Å². The van der Waals surface area contributed by atoms with Crippen molar-refractivity contribution in [3.05, 3.63) is 53.1 Å². The Bertz CT molecular complexity index is 694. The molecule has 1 aromatic carbocycles. The summed E-state index contributed by atoms with van der Waals surface area (Å²) in [5.74, 6) is -0.287. The molecular weight excluding hydrogens is 345 g/mol. The number of aromatic nitrogens is 2. The van der Waals surface area contributed by atoms with Gasteiger partial charge in [-0.2, -0.15) is 5.10 Å². The zero-order valence-corrected chi connectivity index (χ0v) is 14.7. The molecule has 1 aliphatic heterocycles. The highest BCUT2D eigenvalue weighted by molar-refractivity contribution is 6.30. The summed E-state index contributed by atoms with van der Waals surface area (Å²) in [5.41, 5.74) is 0.271. The van der Waals surface area contributed by atoms with E-state index in [0.29, 0.717) is 31.0 Å². The first-order valence-electron chi connectivity index (χ1n) is 8.44. The fourth-order valence-corrected chi connectivity index (χ4v) is 3.69. The van der Waals surface area contributed by atoms with Crippen LogP contribution in [0, 0.1) is 11.2 Å². The van der Waals surface area contributed by atoms with Crippen molar-refractivity contribution in [2.24, 2.45) is 5.41 Å². The summed E-state index contributed by atoms with van der Waals surface area (Å²) in [6.45, 7) is 2.69. The Morgan fingerprint density at radius 1 is 1.28 bits per heavy atom. The maximum atomic E-state index is 13.1. The van der Waals surface area contributed by atoms with E-state index in [4.69, 9.17) is 11.6 Å². The quantitative estimate of drug-likeness (QED) is 0.819. The number of benzene rings is 1. The molecule has 2 aromatic rings. The Balaban J connectivity index is 1.67. The summed E-state index contributed by atoms with van der Waals surface area (Å²) < 4.78 is 14.9. The fourth-order valence-electron chi connectivity index (χ4n) is 3.53. The largest absolute Gasteiger partial charge is 0.396 e. The first kappa shape index (κ1) is 18.3. The monoisotopic (exact) mass is 367 g/mol. The van der Waals surface area contributed by atoms with E-state index in [1.165, 1.54) is 12.1 Å². The van der Waals surface area contributed by atoms with E-state index in [0.717, 1.165) is 18.7 Å². The van der Waals surface area contributed by atoms with Crippen molar-refractivity contribution in [3.8, 4) is 0 Å². The number of rotatable bonds is 6. The number of aliphatic hydroxyl groups excluding tert-OH is 2. The third-order valence-electron chi connectivity index (χ3n) is 5.00. The molecule has 1 saturated heterocycles. The molecule has 136 valence electrons. The average Bonchev–Trinajstić information content (AvgIpc) is 3.03. The van der Waals surface area contributed by atoms with E-state index < -0.39 is 11.5 Å². The van der Waals surface area contributed by atoms with Gasteiger partial charge in [0.25, 0.3) is 0 Å². The molecule has 1 aliphatic rings. The average molecular weight is 368 g/mol. The van der Waals surface area contributed by atoms with Gasteiger partial charge in [-0.05, 0) is 30.5 Å². The summed E-state index contributed by atoms with van der Waals surface area (Å²) >= 11 is 5.88. The van der Waals surface area contributed by atoms with Gasteiger partial charge in [0.15, 0.2) is 0 Å². The van der Waals surface area contributed by atoms with Gasteiger partial charge < -0.3 is 15.1 Å². The molecule has 0 radical (unpaired) electrons. The maximum absolute atomic E-state index is 13.1. The van der Waals surface area contributed by atoms with E-state index in [-0.39, 0.29) is 12.4 Å². The van der Waals surface area contributed by atoms with Crippen molar-refractivity contribution in [1.29, 1.82) is 0 Å². The first-order chi connectivity index (χ1) is 12.0. The zero-order chi connectivity index (χ0) is 17.9. The number of hydrogen-bond donors (Lipinski definition) is 2. The fraction of sp³-hybridized carbons (Fsp3) is 0.500. The van der Waals surface area contributed by atoms with Crippen LogP contribution in [0.2, 0.25) is 5.02 Å². The number of aliphatic hydroxyl groups is 2. The lowest BCUT2D eigenvalue weighted by Gasteiger charge is -2.45. The summed E-state index contributed by atoms with van der Waals surface area (Å²) in [6, 6.07) is 6.25. The molecule has 1 aromatic heterocycles. The van der Waals surface area contributed by atoms with Gasteiger partial charge in [0.1, 0.15) is 5.82 Å². The van der Waals surface area contributed by atoms with Crippen molar-refractivity contribution in [2.45, 2.75) is 25.5 Å². The second kappa shape index (κ2) is 7.83. The maximum Gasteiger partial charge on any atom is 0.123 e. The lowest BCUT2D eigenvalue weighted by Crippen LogP contribution is -2.55. The van der Waals surface area contributed by atoms with Crippen LogP contribution >= 0.6 is 11.6 Å². The van der Waals surface area contributed by atoms with Crippen molar-refractivity contribution in [2.75, 3.05) is 26.2 Å². The molecule has 0 bridgehead atoms. The Kier molecular flexibility index (Phi) is 5.74. The number of hydrogen-bond acceptors (Lipinski definition) is 4. The minimum Gasteiger partial charge on any atom is -0.396 e. The molecule has 0 spiro atoms. The normalized spacial score (nSPS) is 24.6. The molecule has 5 nitrogen and oxygen atoms in total. The van der Waals surface area contributed by atoms with Crippen molar-refractivity contribution >= 4 is 11.6 Å². The van der Waals surface area contributed by atoms with Crippen LogP contribution in [0.25, 0.3) is 0 Å². The van der Waals surface area contributed by atoms with Crippen LogP contribution in [-0.4, -0.2) is 57.2 Å². The highest BCUT2D eigenvalue weighted by Gasteiger charge is 2.42. The van der Waals surface area contributed by atoms with Gasteiger partial charge in [0, 0.05) is 31.2 Å². The van der Waals surface area contributed by atoms with Crippen molar-refractivity contribution in [3.63, 3.8) is 0 Å². The number of likely N-dealkylation sites (tertiary alicyclic amines) is 1. The molecule has 2 heterocycles. The lowest BCUT2D eigenvalue weighted by molar-refractivity contribution is -0.0754. The SMILES string of the molecule is OC[C@]1(Cc2ccc(F)cc2)CN(CCn2cc(Cl)cn2)CC[C@@H]1O. The molecule has 0 aliphatic carbocycles. The predicted molar refractivity (Wildman–Crippen MR) is 93.9 cm³/mol. The van der Waals surface area contributed by atoms with E-state index in [2.05, 4.69) is 10.00 Å². The molecule has 1 fully saturated rings. The molecule has 2 N–H and O–H groups in total. The van der Waals surface area contributed by atoms with E-state index in [1.54, 1.807) is 29.2 Å². The standard InChI is InChI=1S/C18H23ClFN3O2/c19-15-10-21-23(11-15)8-7-22-6-5-17(25)18(12-22,13-24)9-14-1-3-16(20)4-2-14/h1-4,10-11,17,24-25H,5-9,12-13H2/t17-,18-/m0/s1. The van der Waals surface area contributed by atoms with Gasteiger partial charge in [0.2, 0.25) is 0 Å². The Hall–Kier alpha value is -1.47. The lowest BCUT2D eigenvalue weighted by atomic mass is 9.73. The molecule has 0 unspecified atom stereocenters. The number of nitrogens with zero attached hydrogens (tertiary/aromatic N) is 3. The Morgan fingerprint density at radius 3 is 2.68 bits per heavy atom. The topological polar surface area (TPSA) is 61.5 Å². The zero-order valence-electron chi connectivity index (χ0n) is 14.0. The molecular formula is C18H23ClFN3O2. The summed E-state index contributed by atoms with van der Waals surface area (Å²) in [6.07, 6.45) is 3.90. The van der Waals surface area contributed by atoms with Crippen LogP contribution < -0.4 is 0 Å². The molecule has 0 amide bonds. The van der Waals surface area contributed by atoms with E-state index in [9.17, 15) is 14.6 Å². The van der Waals surface area contributed by atoms with Crippen LogP contribution in [0.3, 0.4) is 0 Å². The minimum atomic E-state index is -0.641. The van der Waals surface area contributed by atoms with Crippen molar-refractivity contribution in [1.82, 2.24) is 14.7 Å². The van der Waals surface area contributed by atoms with E-state index in [1.807, 2.05) is 0 Å². The number of piperidine rings is 1. The third-order valence-corrected chi connectivity index (χ3v) is 5.19. The van der Waals surface area contributed by atoms with E-state index >= 15 is 0 Å². The van der Waals surface area contributed by atoms with Gasteiger partial charge in [0.05, 0.1) is 30.5 Å². The van der Waals surface area contributed by atoms with Crippen molar-refractivity contribution < 1.29 is 14.6 Å². The van der Waals surface area contributed by atoms with Gasteiger partial charge >= 0.3 is 0 Å². The highest BCUT2D eigenvalue weighted by Crippen LogP contribution is 2.34. The molecule has 25 heavy (non-hydrogen) atoms. The Morgan fingerprint density at radius 2 is 2.04 bits per heavy atom. The first-order valence-corrected chi connectivity index (χ1v) is 8.82. The smallest absolute Gasteiger partial charge is 0.123 e. The second-order valence-corrected chi connectivity index (χ2v) is 7.26. The third kappa shape index (κ3) is 4.39. The summed E-state index contributed by atoms with van der Waals surface area (Å²) in [4.78, 5) is 2.22. The van der Waals surface area contributed by atoms with Gasteiger partial charge in [-0.15, -0.1) is 0 Å². The van der Waals surface area contributed by atoms with Crippen LogP contribution in [0.1, 0.15) is 12.0 Å². The summed E-state index contributed by atoms with van der Waals surface area (Å²) in [7, 11) is 0. The summed E-state index contributed by atoms with van der Waals surface area (Å²) in [5, 5.41) is 25.4. The van der Waals surface area contributed by atoms with Gasteiger partial charge in [-0.1, -0.05) is 23.7 Å². The Labute approximate surface area is 151 Å². The highest BCUT2D eigenvalue weighted by atomic mass is 35.5. The van der Waals surface area contributed by atoms with Gasteiger partial charge in [-0.25, -0.2) is 4.39 Å². The number of halogens is 2. The van der Waals surface area contributed by atoms with Crippen LogP contribution in [-0.2, 0) is 13.0 Å². The molecule has 0 saturated carbocycles. The van der Waals surface area contributed by atoms with Gasteiger partial charge in [-0.3, -0.25) is 4.68 Å². The molecule has 2 atom stereocenters. The predicted octanol–water partition coefficient (Wildman–Crippen LogP) is 1.96. The molecule has 3 rings (SSSR count).